The molecule has 3 rings (SSSR count). The molecule has 0 radical (unpaired) electrons. The number of nitro groups is 1. The highest BCUT2D eigenvalue weighted by Gasteiger charge is 2.21. The molecule has 0 aromatic heterocycles. The van der Waals surface area contributed by atoms with Crippen LogP contribution in [0.3, 0.4) is 0 Å². The van der Waals surface area contributed by atoms with Crippen molar-refractivity contribution in [1.29, 1.82) is 0 Å². The second-order valence-corrected chi connectivity index (χ2v) is 7.67. The number of hydrogen-bond donors (Lipinski definition) is 2. The van der Waals surface area contributed by atoms with Crippen LogP contribution < -0.4 is 10.6 Å². The van der Waals surface area contributed by atoms with Gasteiger partial charge < -0.3 is 10.2 Å². The van der Waals surface area contributed by atoms with E-state index in [1.807, 2.05) is 4.90 Å². The zero-order chi connectivity index (χ0) is 21.7. The molecule has 8 nitrogen and oxygen atoms in total. The van der Waals surface area contributed by atoms with Gasteiger partial charge in [0.2, 0.25) is 0 Å². The molecule has 0 saturated carbocycles. The first-order valence-electron chi connectivity index (χ1n) is 9.59. The Kier molecular flexibility index (Phi) is 6.73. The van der Waals surface area contributed by atoms with Gasteiger partial charge in [-0.25, -0.2) is 0 Å². The largest absolute Gasteiger partial charge is 0.339 e. The summed E-state index contributed by atoms with van der Waals surface area (Å²) in [6.07, 6.45) is 2.04. The molecule has 9 heteroatoms. The van der Waals surface area contributed by atoms with Crippen molar-refractivity contribution in [1.82, 2.24) is 10.2 Å². The number of piperidine rings is 1. The van der Waals surface area contributed by atoms with Crippen LogP contribution in [-0.2, 0) is 0 Å². The Labute approximate surface area is 179 Å². The van der Waals surface area contributed by atoms with E-state index in [-0.39, 0.29) is 22.3 Å². The number of rotatable bonds is 4. The summed E-state index contributed by atoms with van der Waals surface area (Å²) in [6, 6.07) is 12.1. The minimum absolute atomic E-state index is 0.0162. The van der Waals surface area contributed by atoms with Gasteiger partial charge in [0, 0.05) is 42.0 Å². The zero-order valence-corrected chi connectivity index (χ0v) is 17.3. The topological polar surface area (TPSA) is 105 Å². The Morgan fingerprint density at radius 3 is 2.17 bits per heavy atom. The number of nitrogens with one attached hydrogen (secondary N) is 2. The lowest BCUT2D eigenvalue weighted by Gasteiger charge is -2.30. The Morgan fingerprint density at radius 2 is 1.60 bits per heavy atom. The van der Waals surface area contributed by atoms with Gasteiger partial charge in [-0.3, -0.25) is 25.0 Å². The van der Waals surface area contributed by atoms with Crippen molar-refractivity contribution in [2.24, 2.45) is 5.92 Å². The number of likely N-dealkylation sites (tertiary alicyclic amines) is 1. The van der Waals surface area contributed by atoms with Gasteiger partial charge in [0.25, 0.3) is 17.5 Å². The predicted octanol–water partition coefficient (Wildman–Crippen LogP) is 3.59. The van der Waals surface area contributed by atoms with Gasteiger partial charge in [-0.1, -0.05) is 6.92 Å². The lowest BCUT2D eigenvalue weighted by atomic mass is 9.98. The number of amides is 2. The highest BCUT2D eigenvalue weighted by Crippen LogP contribution is 2.19. The Morgan fingerprint density at radius 1 is 1.03 bits per heavy atom. The summed E-state index contributed by atoms with van der Waals surface area (Å²) in [5, 5.41) is 16.2. The third-order valence-corrected chi connectivity index (χ3v) is 5.23. The smallest absolute Gasteiger partial charge is 0.269 e. The molecule has 1 aliphatic rings. The molecule has 0 bridgehead atoms. The lowest BCUT2D eigenvalue weighted by Crippen LogP contribution is -2.37. The van der Waals surface area contributed by atoms with E-state index in [0.29, 0.717) is 17.2 Å². The van der Waals surface area contributed by atoms with Crippen molar-refractivity contribution in [2.75, 3.05) is 18.4 Å². The van der Waals surface area contributed by atoms with E-state index < -0.39 is 10.8 Å². The normalized spacial score (nSPS) is 14.1. The summed E-state index contributed by atoms with van der Waals surface area (Å²) < 4.78 is 0. The van der Waals surface area contributed by atoms with Gasteiger partial charge in [-0.15, -0.1) is 0 Å². The van der Waals surface area contributed by atoms with Gasteiger partial charge in [-0.05, 0) is 67.4 Å². The van der Waals surface area contributed by atoms with Gasteiger partial charge >= 0.3 is 0 Å². The third-order valence-electron chi connectivity index (χ3n) is 5.03. The number of hydrogen-bond acceptors (Lipinski definition) is 5. The molecule has 1 saturated heterocycles. The number of carbonyl (C=O) groups excluding carboxylic acids is 2. The van der Waals surface area contributed by atoms with E-state index >= 15 is 0 Å². The predicted molar refractivity (Wildman–Crippen MR) is 118 cm³/mol. The number of nitrogens with zero attached hydrogens (tertiary/aromatic N) is 2. The van der Waals surface area contributed by atoms with Gasteiger partial charge in [0.05, 0.1) is 4.92 Å². The molecule has 1 heterocycles. The van der Waals surface area contributed by atoms with E-state index in [0.717, 1.165) is 25.9 Å². The van der Waals surface area contributed by atoms with Gasteiger partial charge in [-0.2, -0.15) is 0 Å². The summed E-state index contributed by atoms with van der Waals surface area (Å²) in [5.41, 5.74) is 1.39. The van der Waals surface area contributed by atoms with Crippen LogP contribution in [-0.4, -0.2) is 39.8 Å². The second-order valence-electron chi connectivity index (χ2n) is 7.26. The minimum atomic E-state index is -0.534. The number of carbonyl (C=O) groups is 2. The summed E-state index contributed by atoms with van der Waals surface area (Å²) in [6.45, 7) is 3.75. The third kappa shape index (κ3) is 5.38. The van der Waals surface area contributed by atoms with Crippen molar-refractivity contribution in [3.8, 4) is 0 Å². The fourth-order valence-corrected chi connectivity index (χ4v) is 3.37. The van der Waals surface area contributed by atoms with Crippen LogP contribution in [0.5, 0.6) is 0 Å². The SMILES string of the molecule is CC1CCN(C(=O)c2ccc(NC(=S)NC(=O)c3ccc([N+](=O)[O-])cc3)cc2)CC1. The number of benzene rings is 2. The fourth-order valence-electron chi connectivity index (χ4n) is 3.16. The van der Waals surface area contributed by atoms with Crippen LogP contribution in [0.4, 0.5) is 11.4 Å². The van der Waals surface area contributed by atoms with E-state index in [9.17, 15) is 19.7 Å². The van der Waals surface area contributed by atoms with Crippen molar-refractivity contribution in [2.45, 2.75) is 19.8 Å². The Hall–Kier alpha value is -3.33. The number of thiocarbonyl (C=S) groups is 1. The van der Waals surface area contributed by atoms with E-state index in [1.54, 1.807) is 24.3 Å². The van der Waals surface area contributed by atoms with Crippen molar-refractivity contribution >= 4 is 40.5 Å². The number of anilines is 1. The van der Waals surface area contributed by atoms with E-state index in [2.05, 4.69) is 17.6 Å². The van der Waals surface area contributed by atoms with Gasteiger partial charge in [0.1, 0.15) is 0 Å². The molecule has 2 aromatic rings. The number of nitro benzene ring substituents is 1. The molecule has 0 unspecified atom stereocenters. The highest BCUT2D eigenvalue weighted by atomic mass is 32.1. The van der Waals surface area contributed by atoms with Crippen molar-refractivity contribution in [3.63, 3.8) is 0 Å². The summed E-state index contributed by atoms with van der Waals surface area (Å²) in [5.74, 6) is 0.193. The first-order valence-corrected chi connectivity index (χ1v) is 10.0. The Balaban J connectivity index is 1.54. The zero-order valence-electron chi connectivity index (χ0n) is 16.5. The summed E-state index contributed by atoms with van der Waals surface area (Å²) in [7, 11) is 0. The molecule has 0 aliphatic carbocycles. The maximum atomic E-state index is 12.6. The maximum absolute atomic E-state index is 12.6. The van der Waals surface area contributed by atoms with Crippen LogP contribution in [0.1, 0.15) is 40.5 Å². The van der Waals surface area contributed by atoms with Crippen molar-refractivity contribution < 1.29 is 14.5 Å². The summed E-state index contributed by atoms with van der Waals surface area (Å²) >= 11 is 5.15. The molecule has 30 heavy (non-hydrogen) atoms. The Bertz CT molecular complexity index is 952. The van der Waals surface area contributed by atoms with Crippen LogP contribution >= 0.6 is 12.2 Å². The van der Waals surface area contributed by atoms with Gasteiger partial charge in [0.15, 0.2) is 5.11 Å². The molecule has 2 N–H and O–H groups in total. The lowest BCUT2D eigenvalue weighted by molar-refractivity contribution is -0.384. The fraction of sp³-hybridized carbons (Fsp3) is 0.286. The highest BCUT2D eigenvalue weighted by molar-refractivity contribution is 7.80. The van der Waals surface area contributed by atoms with Crippen LogP contribution in [0.25, 0.3) is 0 Å². The maximum Gasteiger partial charge on any atom is 0.269 e. The van der Waals surface area contributed by atoms with Crippen LogP contribution in [0, 0.1) is 16.0 Å². The molecule has 0 spiro atoms. The van der Waals surface area contributed by atoms with E-state index in [4.69, 9.17) is 12.2 Å². The van der Waals surface area contributed by atoms with Crippen LogP contribution in [0.15, 0.2) is 48.5 Å². The first kappa shape index (κ1) is 21.4. The molecular weight excluding hydrogens is 404 g/mol. The summed E-state index contributed by atoms with van der Waals surface area (Å²) in [4.78, 5) is 36.8. The molecular formula is C21H22N4O4S. The standard InChI is InChI=1S/C21H22N4O4S/c1-14-10-12-24(13-11-14)20(27)16-2-6-17(7-3-16)22-21(30)23-19(26)15-4-8-18(9-5-15)25(28)29/h2-9,14H,10-13H2,1H3,(H2,22,23,26,30). The average Bonchev–Trinajstić information content (AvgIpc) is 2.74. The molecule has 2 aromatic carbocycles. The number of non-ortho nitro benzene ring substituents is 1. The molecule has 156 valence electrons. The van der Waals surface area contributed by atoms with Crippen LogP contribution in [0.2, 0.25) is 0 Å². The molecule has 0 atom stereocenters. The van der Waals surface area contributed by atoms with E-state index in [1.165, 1.54) is 24.3 Å². The second kappa shape index (κ2) is 9.45. The quantitative estimate of drug-likeness (QED) is 0.440. The molecule has 1 fully saturated rings. The molecule has 2 amide bonds. The minimum Gasteiger partial charge on any atom is -0.339 e. The van der Waals surface area contributed by atoms with Crippen molar-refractivity contribution in [3.05, 3.63) is 69.8 Å². The molecule has 1 aliphatic heterocycles. The first-order chi connectivity index (χ1) is 14.3. The average molecular weight is 426 g/mol. The monoisotopic (exact) mass is 426 g/mol.